The number of aliphatic imine (C=N–C) groups is 2. The summed E-state index contributed by atoms with van der Waals surface area (Å²) in [6, 6.07) is 12.1. The quantitative estimate of drug-likeness (QED) is 0.620. The van der Waals surface area contributed by atoms with Crippen LogP contribution in [0.25, 0.3) is 0 Å². The molecular formula is C21H23N3OS3. The Morgan fingerprint density at radius 3 is 2.79 bits per heavy atom. The molecule has 1 aliphatic heterocycles. The molecular weight excluding hydrogens is 406 g/mol. The molecule has 1 aliphatic carbocycles. The van der Waals surface area contributed by atoms with Crippen molar-refractivity contribution in [2.24, 2.45) is 9.98 Å². The van der Waals surface area contributed by atoms with Crippen LogP contribution in [-0.2, 0) is 4.79 Å². The van der Waals surface area contributed by atoms with Crippen LogP contribution in [0.1, 0.15) is 37.0 Å². The van der Waals surface area contributed by atoms with Gasteiger partial charge in [0.2, 0.25) is 5.91 Å². The minimum absolute atomic E-state index is 0.0129. The number of benzene rings is 1. The summed E-state index contributed by atoms with van der Waals surface area (Å²) in [6.07, 6.45) is 7.67. The number of nitrogens with zero attached hydrogens (tertiary/aromatic N) is 2. The molecule has 2 aliphatic rings. The zero-order valence-electron chi connectivity index (χ0n) is 15.8. The molecule has 2 heterocycles. The number of carbonyl (C=O) groups excluding carboxylic acids is 1. The lowest BCUT2D eigenvalue weighted by molar-refractivity contribution is -0.113. The number of rotatable bonds is 5. The highest BCUT2D eigenvalue weighted by atomic mass is 32.2. The van der Waals surface area contributed by atoms with Crippen LogP contribution < -0.4 is 5.32 Å². The lowest BCUT2D eigenvalue weighted by atomic mass is 9.90. The predicted molar refractivity (Wildman–Crippen MR) is 123 cm³/mol. The van der Waals surface area contributed by atoms with Gasteiger partial charge in [-0.15, -0.1) is 23.1 Å². The predicted octanol–water partition coefficient (Wildman–Crippen LogP) is 5.70. The third kappa shape index (κ3) is 4.53. The summed E-state index contributed by atoms with van der Waals surface area (Å²) in [5.41, 5.74) is 1.52. The van der Waals surface area contributed by atoms with Gasteiger partial charge in [-0.1, -0.05) is 30.3 Å². The van der Waals surface area contributed by atoms with Gasteiger partial charge in [-0.05, 0) is 61.6 Å². The van der Waals surface area contributed by atoms with Crippen molar-refractivity contribution in [2.45, 2.75) is 42.7 Å². The Kier molecular flexibility index (Phi) is 6.23. The van der Waals surface area contributed by atoms with Crippen LogP contribution in [0.2, 0.25) is 0 Å². The van der Waals surface area contributed by atoms with Crippen LogP contribution in [0.4, 0.5) is 5.69 Å². The summed E-state index contributed by atoms with van der Waals surface area (Å²) >= 11 is 4.85. The molecule has 28 heavy (non-hydrogen) atoms. The number of nitrogens with one attached hydrogen (secondary N) is 1. The lowest BCUT2D eigenvalue weighted by Gasteiger charge is -2.27. The first-order valence-electron chi connectivity index (χ1n) is 9.48. The van der Waals surface area contributed by atoms with Gasteiger partial charge in [-0.2, -0.15) is 0 Å². The third-order valence-electron chi connectivity index (χ3n) is 4.93. The van der Waals surface area contributed by atoms with E-state index >= 15 is 0 Å². The van der Waals surface area contributed by atoms with E-state index in [0.29, 0.717) is 5.75 Å². The maximum Gasteiger partial charge on any atom is 0.234 e. The van der Waals surface area contributed by atoms with E-state index in [9.17, 15) is 4.79 Å². The molecule has 1 fully saturated rings. The van der Waals surface area contributed by atoms with Crippen LogP contribution >= 0.6 is 34.9 Å². The highest BCUT2D eigenvalue weighted by molar-refractivity contribution is 8.16. The average Bonchev–Trinajstić information content (AvgIpc) is 3.35. The van der Waals surface area contributed by atoms with Gasteiger partial charge in [-0.25, -0.2) is 4.99 Å². The molecule has 1 N–H and O–H groups in total. The number of hydrogen-bond donors (Lipinski definition) is 1. The largest absolute Gasteiger partial charge is 0.325 e. The number of thiophene rings is 1. The smallest absolute Gasteiger partial charge is 0.234 e. The van der Waals surface area contributed by atoms with E-state index in [1.165, 1.54) is 31.0 Å². The normalized spacial score (nSPS) is 18.0. The molecule has 7 heteroatoms. The fourth-order valence-electron chi connectivity index (χ4n) is 3.57. The second-order valence-electron chi connectivity index (χ2n) is 6.97. The van der Waals surface area contributed by atoms with E-state index in [1.807, 2.05) is 36.6 Å². The van der Waals surface area contributed by atoms with E-state index in [-0.39, 0.29) is 11.6 Å². The Morgan fingerprint density at radius 1 is 1.18 bits per heavy atom. The highest BCUT2D eigenvalue weighted by Gasteiger charge is 2.38. The van der Waals surface area contributed by atoms with Gasteiger partial charge in [0.05, 0.1) is 10.6 Å². The average molecular weight is 430 g/mol. The number of carbonyl (C=O) groups is 1. The summed E-state index contributed by atoms with van der Waals surface area (Å²) in [7, 11) is 0. The van der Waals surface area contributed by atoms with E-state index < -0.39 is 0 Å². The summed E-state index contributed by atoms with van der Waals surface area (Å²) in [5.74, 6) is 0.323. The van der Waals surface area contributed by atoms with Crippen molar-refractivity contribution in [2.75, 3.05) is 17.3 Å². The first kappa shape index (κ1) is 19.7. The number of amides is 1. The molecule has 0 unspecified atom stereocenters. The van der Waals surface area contributed by atoms with Gasteiger partial charge in [0, 0.05) is 10.6 Å². The minimum atomic E-state index is -0.289. The Balaban J connectivity index is 1.45. The topological polar surface area (TPSA) is 53.8 Å². The molecule has 1 aromatic heterocycles. The molecule has 1 aromatic carbocycles. The van der Waals surface area contributed by atoms with Crippen LogP contribution in [-0.4, -0.2) is 34.3 Å². The Morgan fingerprint density at radius 2 is 2.04 bits per heavy atom. The second kappa shape index (κ2) is 8.84. The third-order valence-corrected chi connectivity index (χ3v) is 7.50. The molecule has 0 bridgehead atoms. The maximum absolute atomic E-state index is 12.5. The first-order valence-corrected chi connectivity index (χ1v) is 12.6. The first-order chi connectivity index (χ1) is 13.7. The Bertz CT molecular complexity index is 899. The van der Waals surface area contributed by atoms with Gasteiger partial charge >= 0.3 is 0 Å². The van der Waals surface area contributed by atoms with E-state index in [4.69, 9.17) is 9.98 Å². The number of hydrogen-bond acceptors (Lipinski definition) is 6. The van der Waals surface area contributed by atoms with Gasteiger partial charge in [0.1, 0.15) is 10.8 Å². The van der Waals surface area contributed by atoms with Gasteiger partial charge in [0.25, 0.3) is 0 Å². The van der Waals surface area contributed by atoms with E-state index in [2.05, 4.69) is 16.8 Å². The van der Waals surface area contributed by atoms with Crippen molar-refractivity contribution in [3.8, 4) is 0 Å². The van der Waals surface area contributed by atoms with Crippen molar-refractivity contribution in [3.63, 3.8) is 0 Å². The van der Waals surface area contributed by atoms with Crippen molar-refractivity contribution in [1.82, 2.24) is 0 Å². The molecule has 146 valence electrons. The monoisotopic (exact) mass is 429 g/mol. The van der Waals surface area contributed by atoms with Gasteiger partial charge in [0.15, 0.2) is 5.66 Å². The second-order valence-corrected chi connectivity index (χ2v) is 9.76. The molecule has 0 atom stereocenters. The van der Waals surface area contributed by atoms with Crippen LogP contribution in [0, 0.1) is 0 Å². The van der Waals surface area contributed by atoms with Gasteiger partial charge in [-0.3, -0.25) is 9.79 Å². The van der Waals surface area contributed by atoms with E-state index in [1.54, 1.807) is 23.1 Å². The summed E-state index contributed by atoms with van der Waals surface area (Å²) in [4.78, 5) is 24.9. The fraction of sp³-hybridized carbons (Fsp3) is 0.381. The standard InChI is InChI=1S/C21H23N3OS3/c1-26-16-8-5-7-15(13-16)22-18(25)14-28-20-19(17-9-6-12-27-17)23-21(24-20)10-3-2-4-11-21/h5-9,12-13H,2-4,10-11,14H2,1H3,(H,22,25). The van der Waals surface area contributed by atoms with E-state index in [0.717, 1.165) is 39.1 Å². The summed E-state index contributed by atoms with van der Waals surface area (Å²) < 4.78 is 0. The summed E-state index contributed by atoms with van der Waals surface area (Å²) in [6.45, 7) is 0. The molecule has 4 rings (SSSR count). The number of anilines is 1. The molecule has 1 saturated carbocycles. The molecule has 1 amide bonds. The van der Waals surface area contributed by atoms with Crippen molar-refractivity contribution in [1.29, 1.82) is 0 Å². The lowest BCUT2D eigenvalue weighted by Crippen LogP contribution is -2.25. The van der Waals surface area contributed by atoms with Gasteiger partial charge < -0.3 is 5.32 Å². The Hall–Kier alpha value is -1.57. The van der Waals surface area contributed by atoms with Crippen LogP contribution in [0.3, 0.4) is 0 Å². The zero-order chi connectivity index (χ0) is 19.4. The molecule has 1 spiro atoms. The van der Waals surface area contributed by atoms with Crippen molar-refractivity contribution in [3.05, 3.63) is 46.7 Å². The highest BCUT2D eigenvalue weighted by Crippen LogP contribution is 2.39. The molecule has 0 radical (unpaired) electrons. The zero-order valence-corrected chi connectivity index (χ0v) is 18.3. The Labute approximate surface area is 178 Å². The van der Waals surface area contributed by atoms with Crippen LogP contribution in [0.15, 0.2) is 56.7 Å². The SMILES string of the molecule is CSc1cccc(NC(=O)CSC2=NC3(CCCCC3)N=C2c2cccs2)c1. The minimum Gasteiger partial charge on any atom is -0.325 e. The number of thioether (sulfide) groups is 2. The molecule has 0 saturated heterocycles. The van der Waals surface area contributed by atoms with Crippen molar-refractivity contribution < 1.29 is 4.79 Å². The maximum atomic E-state index is 12.5. The molecule has 2 aromatic rings. The summed E-state index contributed by atoms with van der Waals surface area (Å²) in [5, 5.41) is 5.98. The van der Waals surface area contributed by atoms with Crippen LogP contribution in [0.5, 0.6) is 0 Å². The fourth-order valence-corrected chi connectivity index (χ4v) is 5.68. The molecule has 4 nitrogen and oxygen atoms in total. The van der Waals surface area contributed by atoms with Crippen molar-refractivity contribution >= 4 is 57.2 Å².